The van der Waals surface area contributed by atoms with Crippen LogP contribution in [0.25, 0.3) is 0 Å². The number of hydrogen-bond donors (Lipinski definition) is 2. The van der Waals surface area contributed by atoms with Crippen LogP contribution >= 0.6 is 11.6 Å². The van der Waals surface area contributed by atoms with Gasteiger partial charge in [-0.15, -0.1) is 0 Å². The molecule has 1 aliphatic heterocycles. The average molecular weight is 432 g/mol. The van der Waals surface area contributed by atoms with E-state index in [1.54, 1.807) is 0 Å². The lowest BCUT2D eigenvalue weighted by Gasteiger charge is -2.25. The average Bonchev–Trinajstić information content (AvgIpc) is 2.77. The topological polar surface area (TPSA) is 70.0 Å². The molecule has 1 aliphatic rings. The van der Waals surface area contributed by atoms with E-state index in [1.807, 2.05) is 53.4 Å². The van der Waals surface area contributed by atoms with Crippen LogP contribution in [0.15, 0.2) is 48.5 Å². The highest BCUT2D eigenvalue weighted by Crippen LogP contribution is 2.21. The van der Waals surface area contributed by atoms with Crippen LogP contribution in [0, 0.1) is 0 Å². The maximum absolute atomic E-state index is 12.8. The summed E-state index contributed by atoms with van der Waals surface area (Å²) in [6, 6.07) is 15.3. The molecule has 0 unspecified atom stereocenters. The minimum atomic E-state index is -0.996. The van der Waals surface area contributed by atoms with E-state index in [4.69, 9.17) is 16.3 Å². The van der Waals surface area contributed by atoms with Crippen LogP contribution in [0.3, 0.4) is 0 Å². The van der Waals surface area contributed by atoms with Crippen LogP contribution in [0.4, 0.5) is 0 Å². The monoisotopic (exact) mass is 431 g/mol. The van der Waals surface area contributed by atoms with Crippen LogP contribution in [0.2, 0.25) is 5.02 Å². The van der Waals surface area contributed by atoms with E-state index in [9.17, 15) is 15.0 Å². The Hall–Kier alpha value is -2.08. The van der Waals surface area contributed by atoms with Gasteiger partial charge in [-0.05, 0) is 61.4 Å². The fourth-order valence-corrected chi connectivity index (χ4v) is 3.78. The minimum Gasteiger partial charge on any atom is -0.491 e. The van der Waals surface area contributed by atoms with Crippen molar-refractivity contribution in [2.75, 3.05) is 19.7 Å². The third-order valence-corrected chi connectivity index (χ3v) is 5.79. The van der Waals surface area contributed by atoms with Crippen molar-refractivity contribution in [3.8, 4) is 5.75 Å². The lowest BCUT2D eigenvalue weighted by atomic mass is 10.1. The number of amides is 1. The zero-order chi connectivity index (χ0) is 21.3. The summed E-state index contributed by atoms with van der Waals surface area (Å²) in [5, 5.41) is 21.3. The van der Waals surface area contributed by atoms with Crippen LogP contribution in [0.5, 0.6) is 5.75 Å². The Morgan fingerprint density at radius 3 is 2.60 bits per heavy atom. The standard InChI is InChI=1S/C24H30ClNO4/c25-20-11-8-18(9-12-20)10-13-24(29)26-15-4-3-6-19-5-1-2-7-23(19)30-17-22(28)21(27)14-16-26/h1-2,5,7-9,11-12,21-22,27-28H,3-4,6,10,13-17H2/t21-,22+/m0/s1. The third kappa shape index (κ3) is 6.73. The highest BCUT2D eigenvalue weighted by Gasteiger charge is 2.21. The maximum Gasteiger partial charge on any atom is 0.222 e. The molecule has 2 aromatic rings. The number of benzene rings is 2. The summed E-state index contributed by atoms with van der Waals surface area (Å²) >= 11 is 5.92. The van der Waals surface area contributed by atoms with Crippen LogP contribution in [-0.2, 0) is 17.6 Å². The number of fused-ring (bicyclic) bond motifs is 1. The Balaban J connectivity index is 1.62. The quantitative estimate of drug-likeness (QED) is 0.778. The van der Waals surface area contributed by atoms with E-state index in [0.717, 1.165) is 36.1 Å². The molecule has 0 saturated heterocycles. The number of rotatable bonds is 3. The van der Waals surface area contributed by atoms with Gasteiger partial charge in [0.05, 0.1) is 6.10 Å². The second-order valence-corrected chi connectivity index (χ2v) is 8.24. The molecule has 2 aromatic carbocycles. The number of aliphatic hydroxyl groups excluding tert-OH is 2. The third-order valence-electron chi connectivity index (χ3n) is 5.54. The summed E-state index contributed by atoms with van der Waals surface area (Å²) in [7, 11) is 0. The number of aliphatic hydroxyl groups is 2. The number of carbonyl (C=O) groups is 1. The van der Waals surface area contributed by atoms with Crippen molar-refractivity contribution < 1.29 is 19.7 Å². The maximum atomic E-state index is 12.8. The fraction of sp³-hybridized carbons (Fsp3) is 0.458. The largest absolute Gasteiger partial charge is 0.491 e. The van der Waals surface area contributed by atoms with Crippen molar-refractivity contribution in [3.63, 3.8) is 0 Å². The van der Waals surface area contributed by atoms with Gasteiger partial charge in [0.25, 0.3) is 0 Å². The van der Waals surface area contributed by atoms with Gasteiger partial charge < -0.3 is 19.8 Å². The van der Waals surface area contributed by atoms with Gasteiger partial charge in [-0.3, -0.25) is 4.79 Å². The predicted molar refractivity (Wildman–Crippen MR) is 118 cm³/mol. The molecule has 6 heteroatoms. The molecule has 0 radical (unpaired) electrons. The van der Waals surface area contributed by atoms with Gasteiger partial charge in [0.1, 0.15) is 18.5 Å². The second-order valence-electron chi connectivity index (χ2n) is 7.81. The van der Waals surface area contributed by atoms with Crippen LogP contribution in [-0.4, -0.2) is 52.9 Å². The van der Waals surface area contributed by atoms with Crippen molar-refractivity contribution in [1.29, 1.82) is 0 Å². The Kier molecular flexibility index (Phi) is 8.55. The number of ether oxygens (including phenoxy) is 1. The van der Waals surface area contributed by atoms with E-state index < -0.39 is 12.2 Å². The molecule has 0 aliphatic carbocycles. The van der Waals surface area contributed by atoms with Crippen molar-refractivity contribution >= 4 is 17.5 Å². The summed E-state index contributed by atoms with van der Waals surface area (Å²) in [5.74, 6) is 0.817. The van der Waals surface area contributed by atoms with Gasteiger partial charge in [-0.1, -0.05) is 41.9 Å². The van der Waals surface area contributed by atoms with Gasteiger partial charge in [-0.25, -0.2) is 0 Å². The van der Waals surface area contributed by atoms with Crippen molar-refractivity contribution in [3.05, 3.63) is 64.7 Å². The Labute approximate surface area is 183 Å². The molecule has 5 nitrogen and oxygen atoms in total. The van der Waals surface area contributed by atoms with E-state index >= 15 is 0 Å². The molecular weight excluding hydrogens is 402 g/mol. The summed E-state index contributed by atoms with van der Waals surface area (Å²) < 4.78 is 5.75. The molecule has 0 saturated carbocycles. The molecule has 0 aromatic heterocycles. The van der Waals surface area contributed by atoms with Gasteiger partial charge in [-0.2, -0.15) is 0 Å². The summed E-state index contributed by atoms with van der Waals surface area (Å²) in [6.45, 7) is 1.10. The lowest BCUT2D eigenvalue weighted by Crippen LogP contribution is -2.38. The number of aryl methyl sites for hydroxylation is 2. The van der Waals surface area contributed by atoms with Crippen LogP contribution < -0.4 is 4.74 Å². The van der Waals surface area contributed by atoms with Gasteiger partial charge in [0, 0.05) is 24.5 Å². The highest BCUT2D eigenvalue weighted by molar-refractivity contribution is 6.30. The molecule has 3 rings (SSSR count). The summed E-state index contributed by atoms with van der Waals surface area (Å²) in [5.41, 5.74) is 2.15. The Bertz CT molecular complexity index is 811. The zero-order valence-corrected chi connectivity index (χ0v) is 17.9. The smallest absolute Gasteiger partial charge is 0.222 e. The fourth-order valence-electron chi connectivity index (χ4n) is 3.66. The van der Waals surface area contributed by atoms with E-state index in [-0.39, 0.29) is 12.5 Å². The molecule has 1 amide bonds. The van der Waals surface area contributed by atoms with E-state index in [0.29, 0.717) is 37.4 Å². The Morgan fingerprint density at radius 1 is 1.03 bits per heavy atom. The molecule has 0 fully saturated rings. The normalized spacial score (nSPS) is 20.8. The number of para-hydroxylation sites is 1. The molecule has 1 heterocycles. The second kappa shape index (κ2) is 11.3. The number of carbonyl (C=O) groups excluding carboxylic acids is 1. The zero-order valence-electron chi connectivity index (χ0n) is 17.2. The highest BCUT2D eigenvalue weighted by atomic mass is 35.5. The molecule has 30 heavy (non-hydrogen) atoms. The molecule has 2 N–H and O–H groups in total. The molecular formula is C24H30ClNO4. The van der Waals surface area contributed by atoms with Gasteiger partial charge in [0.2, 0.25) is 5.91 Å². The number of nitrogens with zero attached hydrogens (tertiary/aromatic N) is 1. The molecule has 0 spiro atoms. The lowest BCUT2D eigenvalue weighted by molar-refractivity contribution is -0.131. The summed E-state index contributed by atoms with van der Waals surface area (Å²) in [6.07, 6.45) is 2.10. The Morgan fingerprint density at radius 2 is 1.80 bits per heavy atom. The van der Waals surface area contributed by atoms with Gasteiger partial charge in [0.15, 0.2) is 0 Å². The van der Waals surface area contributed by atoms with Crippen molar-refractivity contribution in [2.24, 2.45) is 0 Å². The van der Waals surface area contributed by atoms with Crippen LogP contribution in [0.1, 0.15) is 36.8 Å². The van der Waals surface area contributed by atoms with Gasteiger partial charge >= 0.3 is 0 Å². The van der Waals surface area contributed by atoms with Crippen molar-refractivity contribution in [1.82, 2.24) is 4.90 Å². The van der Waals surface area contributed by atoms with E-state index in [1.165, 1.54) is 0 Å². The first-order valence-electron chi connectivity index (χ1n) is 10.6. The first-order chi connectivity index (χ1) is 14.5. The predicted octanol–water partition coefficient (Wildman–Crippen LogP) is 3.63. The number of hydrogen-bond acceptors (Lipinski definition) is 4. The molecule has 2 atom stereocenters. The first-order valence-corrected chi connectivity index (χ1v) is 11.0. The molecule has 162 valence electrons. The van der Waals surface area contributed by atoms with E-state index in [2.05, 4.69) is 0 Å². The number of halogens is 1. The SMILES string of the molecule is O=C(CCc1ccc(Cl)cc1)N1CCCCc2ccccc2OC[C@@H](O)[C@@H](O)CC1. The van der Waals surface area contributed by atoms with Crippen molar-refractivity contribution in [2.45, 2.75) is 50.7 Å². The first kappa shape index (κ1) is 22.6. The summed E-state index contributed by atoms with van der Waals surface area (Å²) in [4.78, 5) is 14.7. The minimum absolute atomic E-state index is 0.0304. The molecule has 0 bridgehead atoms.